The highest BCUT2D eigenvalue weighted by molar-refractivity contribution is 5.89. The molecule has 0 N–H and O–H groups in total. The molecule has 0 saturated carbocycles. The van der Waals surface area contributed by atoms with Crippen LogP contribution in [0.2, 0.25) is 0 Å². The minimum atomic E-state index is -0.273. The fraction of sp³-hybridized carbons (Fsp3) is 0.611. The van der Waals surface area contributed by atoms with Gasteiger partial charge in [-0.15, -0.1) is 0 Å². The molecule has 2 saturated heterocycles. The molecule has 0 aromatic heterocycles. The van der Waals surface area contributed by atoms with Gasteiger partial charge in [-0.3, -0.25) is 9.69 Å². The molecule has 2 aliphatic heterocycles. The highest BCUT2D eigenvalue weighted by atomic mass is 16.2. The van der Waals surface area contributed by atoms with Gasteiger partial charge in [-0.25, -0.2) is 0 Å². The Labute approximate surface area is 127 Å². The number of hydrogen-bond acceptors (Lipinski definition) is 2. The summed E-state index contributed by atoms with van der Waals surface area (Å²) < 4.78 is 0. The number of amides is 1. The number of nitrogens with zero attached hydrogens (tertiary/aromatic N) is 2. The largest absolute Gasteiger partial charge is 0.321 e. The summed E-state index contributed by atoms with van der Waals surface area (Å²) in [5.41, 5.74) is 0.984. The van der Waals surface area contributed by atoms with E-state index in [1.807, 2.05) is 6.07 Å². The van der Waals surface area contributed by atoms with Crippen LogP contribution in [0.1, 0.15) is 45.2 Å². The molecule has 0 unspecified atom stereocenters. The molecule has 3 heteroatoms. The van der Waals surface area contributed by atoms with Crippen LogP contribution < -0.4 is 0 Å². The van der Waals surface area contributed by atoms with Crippen LogP contribution >= 0.6 is 0 Å². The second-order valence-electron chi connectivity index (χ2n) is 7.25. The van der Waals surface area contributed by atoms with Crippen LogP contribution in [-0.2, 0) is 4.79 Å². The lowest BCUT2D eigenvalue weighted by atomic mass is 9.71. The lowest BCUT2D eigenvalue weighted by Gasteiger charge is -2.54. The number of rotatable bonds is 3. The van der Waals surface area contributed by atoms with Gasteiger partial charge in [0, 0.05) is 13.1 Å². The van der Waals surface area contributed by atoms with Crippen LogP contribution in [0, 0.1) is 11.3 Å². The van der Waals surface area contributed by atoms with E-state index in [1.54, 1.807) is 0 Å². The summed E-state index contributed by atoms with van der Waals surface area (Å²) in [6, 6.07) is 10.7. The Morgan fingerprint density at radius 2 is 1.76 bits per heavy atom. The maximum absolute atomic E-state index is 12.5. The minimum absolute atomic E-state index is 0.213. The van der Waals surface area contributed by atoms with E-state index in [0.29, 0.717) is 0 Å². The van der Waals surface area contributed by atoms with Crippen LogP contribution in [0.3, 0.4) is 0 Å². The van der Waals surface area contributed by atoms with Gasteiger partial charge in [0.05, 0.1) is 18.1 Å². The molecule has 3 rings (SSSR count). The van der Waals surface area contributed by atoms with Crippen LogP contribution in [-0.4, -0.2) is 35.5 Å². The first-order valence-electron chi connectivity index (χ1n) is 8.08. The number of carbonyl (C=O) groups is 1. The number of likely N-dealkylation sites (tertiary alicyclic amines) is 2. The maximum Gasteiger partial charge on any atom is 0.232 e. The van der Waals surface area contributed by atoms with Gasteiger partial charge in [0.15, 0.2) is 0 Å². The van der Waals surface area contributed by atoms with Gasteiger partial charge in [0.2, 0.25) is 5.91 Å². The Bertz CT molecular complexity index is 503. The van der Waals surface area contributed by atoms with Crippen molar-refractivity contribution in [1.82, 2.24) is 9.80 Å². The number of β-lactam (4-membered cyclic amide) rings is 1. The van der Waals surface area contributed by atoms with E-state index < -0.39 is 0 Å². The van der Waals surface area contributed by atoms with Gasteiger partial charge in [0.25, 0.3) is 0 Å². The Morgan fingerprint density at radius 3 is 2.38 bits per heavy atom. The Morgan fingerprint density at radius 1 is 1.14 bits per heavy atom. The Hall–Kier alpha value is -1.35. The second-order valence-corrected chi connectivity index (χ2v) is 7.25. The van der Waals surface area contributed by atoms with Crippen LogP contribution in [0.25, 0.3) is 0 Å². The van der Waals surface area contributed by atoms with Gasteiger partial charge in [0.1, 0.15) is 0 Å². The first kappa shape index (κ1) is 14.6. The zero-order valence-corrected chi connectivity index (χ0v) is 13.4. The van der Waals surface area contributed by atoms with E-state index in [9.17, 15) is 4.79 Å². The molecule has 114 valence electrons. The third-order valence-corrected chi connectivity index (χ3v) is 5.15. The third kappa shape index (κ3) is 2.59. The van der Waals surface area contributed by atoms with E-state index in [2.05, 4.69) is 54.8 Å². The second kappa shape index (κ2) is 5.45. The van der Waals surface area contributed by atoms with E-state index in [-0.39, 0.29) is 17.4 Å². The van der Waals surface area contributed by atoms with Crippen molar-refractivity contribution >= 4 is 5.91 Å². The average Bonchev–Trinajstić information content (AvgIpc) is 2.49. The fourth-order valence-corrected chi connectivity index (χ4v) is 3.72. The maximum atomic E-state index is 12.5. The summed E-state index contributed by atoms with van der Waals surface area (Å²) in [6.07, 6.45) is 2.50. The Balaban J connectivity index is 1.73. The van der Waals surface area contributed by atoms with Crippen LogP contribution in [0.5, 0.6) is 0 Å². The molecule has 2 heterocycles. The van der Waals surface area contributed by atoms with Crippen molar-refractivity contribution in [2.75, 3.05) is 19.8 Å². The van der Waals surface area contributed by atoms with Gasteiger partial charge >= 0.3 is 0 Å². The van der Waals surface area contributed by atoms with Gasteiger partial charge in [-0.2, -0.15) is 0 Å². The molecule has 0 radical (unpaired) electrons. The van der Waals surface area contributed by atoms with Gasteiger partial charge in [-0.1, -0.05) is 37.3 Å². The van der Waals surface area contributed by atoms with Crippen molar-refractivity contribution in [3.8, 4) is 0 Å². The Kier molecular flexibility index (Phi) is 3.78. The SMILES string of the molecule is CC1CCN(CN2C(=O)C(C)(C)[C@H]2c2ccccc2)CC1. The van der Waals surface area contributed by atoms with E-state index >= 15 is 0 Å². The predicted octanol–water partition coefficient (Wildman–Crippen LogP) is 3.29. The molecule has 2 aliphatic rings. The summed E-state index contributed by atoms with van der Waals surface area (Å²) in [7, 11) is 0. The molecule has 1 atom stereocenters. The number of hydrogen-bond donors (Lipinski definition) is 0. The van der Waals surface area contributed by atoms with Crippen molar-refractivity contribution in [3.05, 3.63) is 35.9 Å². The monoisotopic (exact) mass is 286 g/mol. The summed E-state index contributed by atoms with van der Waals surface area (Å²) >= 11 is 0. The molecular weight excluding hydrogens is 260 g/mol. The van der Waals surface area contributed by atoms with Crippen LogP contribution in [0.4, 0.5) is 0 Å². The van der Waals surface area contributed by atoms with Gasteiger partial charge < -0.3 is 4.90 Å². The summed E-state index contributed by atoms with van der Waals surface area (Å²) in [4.78, 5) is 17.0. The minimum Gasteiger partial charge on any atom is -0.321 e. The van der Waals surface area contributed by atoms with E-state index in [1.165, 1.54) is 18.4 Å². The third-order valence-electron chi connectivity index (χ3n) is 5.15. The lowest BCUT2D eigenvalue weighted by Crippen LogP contribution is -2.63. The zero-order chi connectivity index (χ0) is 15.0. The lowest BCUT2D eigenvalue weighted by molar-refractivity contribution is -0.174. The first-order valence-corrected chi connectivity index (χ1v) is 8.08. The smallest absolute Gasteiger partial charge is 0.232 e. The quantitative estimate of drug-likeness (QED) is 0.796. The first-order chi connectivity index (χ1) is 10.00. The summed E-state index contributed by atoms with van der Waals surface area (Å²) in [5.74, 6) is 1.12. The molecule has 0 bridgehead atoms. The highest BCUT2D eigenvalue weighted by Gasteiger charge is 2.54. The molecule has 2 fully saturated rings. The van der Waals surface area contributed by atoms with Crippen molar-refractivity contribution in [1.29, 1.82) is 0 Å². The highest BCUT2D eigenvalue weighted by Crippen LogP contribution is 2.49. The molecule has 0 aliphatic carbocycles. The molecule has 3 nitrogen and oxygen atoms in total. The summed E-state index contributed by atoms with van der Waals surface area (Å²) in [5, 5.41) is 0. The van der Waals surface area contributed by atoms with Crippen molar-refractivity contribution in [2.24, 2.45) is 11.3 Å². The molecule has 0 spiro atoms. The number of carbonyl (C=O) groups excluding carboxylic acids is 1. The standard InChI is InChI=1S/C18H26N2O/c1-14-9-11-19(12-10-14)13-20-16(18(2,3)17(20)21)15-7-5-4-6-8-15/h4-8,14,16H,9-13H2,1-3H3/t16-/m1/s1. The van der Waals surface area contributed by atoms with E-state index in [0.717, 1.165) is 25.7 Å². The van der Waals surface area contributed by atoms with E-state index in [4.69, 9.17) is 0 Å². The average molecular weight is 286 g/mol. The van der Waals surface area contributed by atoms with Gasteiger partial charge in [-0.05, 0) is 38.2 Å². The van der Waals surface area contributed by atoms with Crippen molar-refractivity contribution in [3.63, 3.8) is 0 Å². The predicted molar refractivity (Wildman–Crippen MR) is 84.6 cm³/mol. The topological polar surface area (TPSA) is 23.6 Å². The van der Waals surface area contributed by atoms with Crippen molar-refractivity contribution < 1.29 is 4.79 Å². The molecule has 1 aromatic carbocycles. The van der Waals surface area contributed by atoms with Crippen molar-refractivity contribution in [2.45, 2.75) is 39.7 Å². The fourth-order valence-electron chi connectivity index (χ4n) is 3.72. The number of piperidine rings is 1. The molecule has 21 heavy (non-hydrogen) atoms. The summed E-state index contributed by atoms with van der Waals surface area (Å²) in [6.45, 7) is 9.49. The molecular formula is C18H26N2O. The normalized spacial score (nSPS) is 26.7. The molecule has 1 amide bonds. The zero-order valence-electron chi connectivity index (χ0n) is 13.4. The molecule has 1 aromatic rings. The number of benzene rings is 1. The van der Waals surface area contributed by atoms with Crippen LogP contribution in [0.15, 0.2) is 30.3 Å².